The van der Waals surface area contributed by atoms with Crippen molar-refractivity contribution in [2.45, 2.75) is 26.4 Å². The van der Waals surface area contributed by atoms with Gasteiger partial charge in [-0.2, -0.15) is 0 Å². The first-order valence-corrected chi connectivity index (χ1v) is 6.73. The lowest BCUT2D eigenvalue weighted by atomic mass is 10.1. The zero-order chi connectivity index (χ0) is 15.4. The number of nitrogens with zero attached hydrogens (tertiary/aromatic N) is 2. The molecule has 2 N–H and O–H groups in total. The van der Waals surface area contributed by atoms with Gasteiger partial charge < -0.3 is 10.6 Å². The summed E-state index contributed by atoms with van der Waals surface area (Å²) in [4.78, 5) is 18.3. The third kappa shape index (κ3) is 3.78. The highest BCUT2D eigenvalue weighted by atomic mass is 19.1. The minimum Gasteiger partial charge on any atom is -0.399 e. The van der Waals surface area contributed by atoms with Gasteiger partial charge in [0.25, 0.3) is 5.91 Å². The van der Waals surface area contributed by atoms with Crippen LogP contribution in [0.1, 0.15) is 29.8 Å². The van der Waals surface area contributed by atoms with Crippen molar-refractivity contribution in [1.82, 2.24) is 9.88 Å². The largest absolute Gasteiger partial charge is 0.399 e. The highest BCUT2D eigenvalue weighted by Crippen LogP contribution is 2.16. The van der Waals surface area contributed by atoms with Crippen LogP contribution in [-0.4, -0.2) is 21.8 Å². The van der Waals surface area contributed by atoms with Crippen molar-refractivity contribution < 1.29 is 9.18 Å². The smallest absolute Gasteiger partial charge is 0.254 e. The van der Waals surface area contributed by atoms with E-state index in [-0.39, 0.29) is 23.2 Å². The van der Waals surface area contributed by atoms with Crippen molar-refractivity contribution in [2.24, 2.45) is 0 Å². The number of anilines is 1. The second-order valence-electron chi connectivity index (χ2n) is 5.16. The molecule has 0 fully saturated rings. The molecule has 4 nitrogen and oxygen atoms in total. The molecule has 0 unspecified atom stereocenters. The molecule has 5 heteroatoms. The van der Waals surface area contributed by atoms with E-state index in [2.05, 4.69) is 4.98 Å². The Morgan fingerprint density at radius 2 is 2.14 bits per heavy atom. The number of carbonyl (C=O) groups is 1. The first-order valence-electron chi connectivity index (χ1n) is 6.73. The summed E-state index contributed by atoms with van der Waals surface area (Å²) in [7, 11) is 0. The predicted octanol–water partition coefficient (Wildman–Crippen LogP) is 2.85. The number of pyridine rings is 1. The van der Waals surface area contributed by atoms with Crippen molar-refractivity contribution in [3.8, 4) is 0 Å². The molecule has 2 aromatic rings. The molecular formula is C16H18FN3O. The lowest BCUT2D eigenvalue weighted by molar-refractivity contribution is 0.0689. The van der Waals surface area contributed by atoms with Crippen LogP contribution in [0, 0.1) is 5.82 Å². The van der Waals surface area contributed by atoms with E-state index in [1.165, 1.54) is 18.2 Å². The first kappa shape index (κ1) is 15.0. The summed E-state index contributed by atoms with van der Waals surface area (Å²) >= 11 is 0. The molecule has 0 aliphatic carbocycles. The van der Waals surface area contributed by atoms with E-state index in [0.29, 0.717) is 6.54 Å². The zero-order valence-electron chi connectivity index (χ0n) is 12.1. The highest BCUT2D eigenvalue weighted by Gasteiger charge is 2.20. The Kier molecular flexibility index (Phi) is 4.52. The minimum absolute atomic E-state index is 0.0257. The zero-order valence-corrected chi connectivity index (χ0v) is 12.1. The fraction of sp³-hybridized carbons (Fsp3) is 0.250. The van der Waals surface area contributed by atoms with Gasteiger partial charge in [0.1, 0.15) is 5.82 Å². The van der Waals surface area contributed by atoms with Gasteiger partial charge in [-0.3, -0.25) is 9.78 Å². The fourth-order valence-electron chi connectivity index (χ4n) is 2.08. The van der Waals surface area contributed by atoms with Crippen molar-refractivity contribution in [1.29, 1.82) is 0 Å². The molecular weight excluding hydrogens is 269 g/mol. The van der Waals surface area contributed by atoms with Gasteiger partial charge >= 0.3 is 0 Å². The number of nitrogen functional groups attached to an aromatic ring is 1. The Hall–Kier alpha value is -2.43. The lowest BCUT2D eigenvalue weighted by Crippen LogP contribution is -2.36. The average Bonchev–Trinajstić information content (AvgIpc) is 2.44. The molecule has 1 aromatic heterocycles. The van der Waals surface area contributed by atoms with Crippen LogP contribution in [0.25, 0.3) is 0 Å². The van der Waals surface area contributed by atoms with Crippen LogP contribution in [0.2, 0.25) is 0 Å². The molecule has 0 atom stereocenters. The van der Waals surface area contributed by atoms with E-state index in [1.807, 2.05) is 26.0 Å². The van der Waals surface area contributed by atoms with Crippen LogP contribution < -0.4 is 5.73 Å². The molecule has 0 saturated carbocycles. The molecule has 1 amide bonds. The highest BCUT2D eigenvalue weighted by molar-refractivity contribution is 5.95. The van der Waals surface area contributed by atoms with E-state index in [4.69, 9.17) is 5.73 Å². The van der Waals surface area contributed by atoms with Crippen LogP contribution in [0.4, 0.5) is 10.1 Å². The van der Waals surface area contributed by atoms with Gasteiger partial charge in [0.05, 0.1) is 0 Å². The molecule has 2 rings (SSSR count). The summed E-state index contributed by atoms with van der Waals surface area (Å²) < 4.78 is 13.4. The van der Waals surface area contributed by atoms with Gasteiger partial charge in [0, 0.05) is 36.2 Å². The van der Waals surface area contributed by atoms with Crippen molar-refractivity contribution in [3.05, 3.63) is 59.7 Å². The summed E-state index contributed by atoms with van der Waals surface area (Å²) in [5.41, 5.74) is 7.02. The molecule has 0 bridgehead atoms. The van der Waals surface area contributed by atoms with Crippen molar-refractivity contribution in [3.63, 3.8) is 0 Å². The predicted molar refractivity (Wildman–Crippen MR) is 80.1 cm³/mol. The van der Waals surface area contributed by atoms with Crippen molar-refractivity contribution in [2.75, 3.05) is 5.73 Å². The molecule has 0 spiro atoms. The monoisotopic (exact) mass is 287 g/mol. The van der Waals surface area contributed by atoms with E-state index >= 15 is 0 Å². The number of hydrogen-bond acceptors (Lipinski definition) is 3. The maximum absolute atomic E-state index is 13.4. The molecule has 110 valence electrons. The Morgan fingerprint density at radius 3 is 2.71 bits per heavy atom. The molecule has 0 aliphatic rings. The number of rotatable bonds is 4. The standard InChI is InChI=1S/C16H18FN3O/c1-11(2)20(10-12-4-3-5-19-9-12)16(21)13-6-14(17)8-15(18)7-13/h3-9,11H,10,18H2,1-2H3. The third-order valence-corrected chi connectivity index (χ3v) is 3.13. The summed E-state index contributed by atoms with van der Waals surface area (Å²) in [6.07, 6.45) is 3.39. The topological polar surface area (TPSA) is 59.2 Å². The average molecular weight is 287 g/mol. The molecule has 21 heavy (non-hydrogen) atoms. The lowest BCUT2D eigenvalue weighted by Gasteiger charge is -2.27. The van der Waals surface area contributed by atoms with Crippen LogP contribution in [0.5, 0.6) is 0 Å². The van der Waals surface area contributed by atoms with Gasteiger partial charge in [0.2, 0.25) is 0 Å². The van der Waals surface area contributed by atoms with Gasteiger partial charge in [-0.15, -0.1) is 0 Å². The van der Waals surface area contributed by atoms with Crippen LogP contribution >= 0.6 is 0 Å². The quantitative estimate of drug-likeness (QED) is 0.880. The second-order valence-corrected chi connectivity index (χ2v) is 5.16. The normalized spacial score (nSPS) is 10.7. The molecule has 0 saturated heterocycles. The van der Waals surface area contributed by atoms with Gasteiger partial charge in [0.15, 0.2) is 0 Å². The number of carbonyl (C=O) groups excluding carboxylic acids is 1. The number of aromatic nitrogens is 1. The number of halogens is 1. The summed E-state index contributed by atoms with van der Waals surface area (Å²) in [5, 5.41) is 0. The van der Waals surface area contributed by atoms with E-state index in [0.717, 1.165) is 5.56 Å². The van der Waals surface area contributed by atoms with Gasteiger partial charge in [-0.05, 0) is 43.7 Å². The number of amides is 1. The fourth-order valence-corrected chi connectivity index (χ4v) is 2.08. The summed E-state index contributed by atoms with van der Waals surface area (Å²) in [5.74, 6) is -0.761. The first-order chi connectivity index (χ1) is 9.97. The maximum atomic E-state index is 13.4. The number of nitrogens with two attached hydrogens (primary N) is 1. The molecule has 0 radical (unpaired) electrons. The number of hydrogen-bond donors (Lipinski definition) is 1. The van der Waals surface area contributed by atoms with Crippen LogP contribution in [0.15, 0.2) is 42.7 Å². The van der Waals surface area contributed by atoms with Gasteiger partial charge in [-0.1, -0.05) is 6.07 Å². The summed E-state index contributed by atoms with van der Waals surface area (Å²) in [6, 6.07) is 7.58. The second kappa shape index (κ2) is 6.35. The van der Waals surface area contributed by atoms with Crippen LogP contribution in [0.3, 0.4) is 0 Å². The van der Waals surface area contributed by atoms with Crippen LogP contribution in [-0.2, 0) is 6.54 Å². The molecule has 0 aliphatic heterocycles. The Labute approximate surface area is 123 Å². The molecule has 1 heterocycles. The van der Waals surface area contributed by atoms with E-state index in [1.54, 1.807) is 17.3 Å². The van der Waals surface area contributed by atoms with E-state index in [9.17, 15) is 9.18 Å². The van der Waals surface area contributed by atoms with E-state index < -0.39 is 5.82 Å². The Morgan fingerprint density at radius 1 is 1.38 bits per heavy atom. The Bertz CT molecular complexity index is 608. The summed E-state index contributed by atoms with van der Waals surface area (Å²) in [6.45, 7) is 4.24. The van der Waals surface area contributed by atoms with Gasteiger partial charge in [-0.25, -0.2) is 4.39 Å². The number of benzene rings is 1. The molecule has 1 aromatic carbocycles. The van der Waals surface area contributed by atoms with Crippen molar-refractivity contribution >= 4 is 11.6 Å². The third-order valence-electron chi connectivity index (χ3n) is 3.13. The minimum atomic E-state index is -0.511. The maximum Gasteiger partial charge on any atom is 0.254 e. The Balaban J connectivity index is 2.27. The SMILES string of the molecule is CC(C)N(Cc1cccnc1)C(=O)c1cc(N)cc(F)c1.